The van der Waals surface area contributed by atoms with Gasteiger partial charge in [0, 0.05) is 30.6 Å². The first-order valence-corrected chi connectivity index (χ1v) is 10.2. The zero-order valence-corrected chi connectivity index (χ0v) is 18.6. The molecule has 0 unspecified atom stereocenters. The molecule has 158 valence electrons. The topological polar surface area (TPSA) is 91.6 Å². The molecule has 0 spiro atoms. The number of hydrogen-bond acceptors (Lipinski definition) is 4. The van der Waals surface area contributed by atoms with Gasteiger partial charge in [-0.25, -0.2) is 9.98 Å². The molecule has 0 saturated heterocycles. The average Bonchev–Trinajstić information content (AvgIpc) is 3.14. The van der Waals surface area contributed by atoms with Crippen LogP contribution in [0.4, 0.5) is 0 Å². The molecule has 0 saturated carbocycles. The second-order valence-electron chi connectivity index (χ2n) is 7.37. The Morgan fingerprint density at radius 2 is 1.86 bits per heavy atom. The Labute approximate surface area is 181 Å². The molecule has 1 heterocycles. The van der Waals surface area contributed by atoms with Gasteiger partial charge in [0.2, 0.25) is 5.89 Å². The largest absolute Gasteiger partial charge is 0.443 e. The molecule has 0 aliphatic carbocycles. The summed E-state index contributed by atoms with van der Waals surface area (Å²) in [4.78, 5) is 20.9. The summed E-state index contributed by atoms with van der Waals surface area (Å²) in [6.45, 7) is 10.1. The molecule has 0 radical (unpaired) electrons. The van der Waals surface area contributed by atoms with Crippen molar-refractivity contribution < 1.29 is 9.21 Å². The van der Waals surface area contributed by atoms with Gasteiger partial charge in [0.05, 0.1) is 16.2 Å². The lowest BCUT2D eigenvalue weighted by atomic mass is 9.94. The molecule has 29 heavy (non-hydrogen) atoms. The second kappa shape index (κ2) is 10.5. The molecule has 1 aromatic carbocycles. The fourth-order valence-electron chi connectivity index (χ4n) is 2.31. The van der Waals surface area contributed by atoms with Crippen LogP contribution in [-0.4, -0.2) is 36.5 Å². The number of aromatic nitrogens is 1. The number of carbonyl (C=O) groups excluding carboxylic acids is 1. The van der Waals surface area contributed by atoms with Gasteiger partial charge in [-0.05, 0) is 25.1 Å². The van der Waals surface area contributed by atoms with Gasteiger partial charge < -0.3 is 20.4 Å². The van der Waals surface area contributed by atoms with Crippen LogP contribution in [0, 0.1) is 0 Å². The molecule has 7 nitrogen and oxygen atoms in total. The maximum atomic E-state index is 12.2. The van der Waals surface area contributed by atoms with E-state index >= 15 is 0 Å². The van der Waals surface area contributed by atoms with Crippen molar-refractivity contribution in [3.8, 4) is 0 Å². The number of nitrogens with one attached hydrogen (secondary N) is 3. The Kier molecular flexibility index (Phi) is 8.34. The fraction of sp³-hybridized carbons (Fsp3) is 0.450. The normalized spacial score (nSPS) is 12.0. The Morgan fingerprint density at radius 3 is 2.48 bits per heavy atom. The lowest BCUT2D eigenvalue weighted by molar-refractivity contribution is 0.0954. The maximum Gasteiger partial charge on any atom is 0.251 e. The van der Waals surface area contributed by atoms with E-state index in [0.717, 1.165) is 5.76 Å². The molecular weight excluding hydrogens is 413 g/mol. The Morgan fingerprint density at radius 1 is 1.14 bits per heavy atom. The lowest BCUT2D eigenvalue weighted by Gasteiger charge is -2.13. The number of rotatable bonds is 7. The third-order valence-electron chi connectivity index (χ3n) is 3.89. The van der Waals surface area contributed by atoms with Crippen LogP contribution in [0.15, 0.2) is 33.8 Å². The van der Waals surface area contributed by atoms with Crippen molar-refractivity contribution in [3.05, 3.63) is 51.7 Å². The van der Waals surface area contributed by atoms with Crippen LogP contribution in [0.25, 0.3) is 0 Å². The highest BCUT2D eigenvalue weighted by atomic mass is 35.5. The van der Waals surface area contributed by atoms with Crippen LogP contribution in [0.3, 0.4) is 0 Å². The van der Waals surface area contributed by atoms with E-state index in [0.29, 0.717) is 53.6 Å². The second-order valence-corrected chi connectivity index (χ2v) is 8.19. The van der Waals surface area contributed by atoms with Gasteiger partial charge in [0.1, 0.15) is 12.3 Å². The van der Waals surface area contributed by atoms with Crippen LogP contribution >= 0.6 is 23.2 Å². The van der Waals surface area contributed by atoms with E-state index in [1.54, 1.807) is 24.4 Å². The summed E-state index contributed by atoms with van der Waals surface area (Å²) in [6, 6.07) is 4.77. The predicted octanol–water partition coefficient (Wildman–Crippen LogP) is 3.76. The first-order valence-electron chi connectivity index (χ1n) is 9.41. The first kappa shape index (κ1) is 23.0. The number of nitrogens with zero attached hydrogens (tertiary/aromatic N) is 2. The maximum absolute atomic E-state index is 12.2. The Balaban J connectivity index is 1.84. The van der Waals surface area contributed by atoms with E-state index < -0.39 is 0 Å². The predicted molar refractivity (Wildman–Crippen MR) is 117 cm³/mol. The quantitative estimate of drug-likeness (QED) is 0.347. The molecule has 2 rings (SSSR count). The molecule has 0 atom stereocenters. The summed E-state index contributed by atoms with van der Waals surface area (Å²) in [5.74, 6) is 1.78. The summed E-state index contributed by atoms with van der Waals surface area (Å²) in [5.41, 5.74) is 0.364. The SMILES string of the molecule is CCNC(=NCc1ncc(C(C)(C)C)o1)NCCNC(=O)c1ccc(Cl)c(Cl)c1. The van der Waals surface area contributed by atoms with Gasteiger partial charge >= 0.3 is 0 Å². The molecule has 0 aliphatic rings. The lowest BCUT2D eigenvalue weighted by Crippen LogP contribution is -2.41. The average molecular weight is 440 g/mol. The van der Waals surface area contributed by atoms with Crippen molar-refractivity contribution in [3.63, 3.8) is 0 Å². The van der Waals surface area contributed by atoms with E-state index in [-0.39, 0.29) is 11.3 Å². The van der Waals surface area contributed by atoms with E-state index in [1.807, 2.05) is 6.92 Å². The number of halogens is 2. The zero-order chi connectivity index (χ0) is 21.4. The summed E-state index contributed by atoms with van der Waals surface area (Å²) < 4.78 is 5.75. The van der Waals surface area contributed by atoms with Gasteiger partial charge in [0.15, 0.2) is 5.96 Å². The van der Waals surface area contributed by atoms with E-state index in [4.69, 9.17) is 27.6 Å². The van der Waals surface area contributed by atoms with Gasteiger partial charge in [-0.15, -0.1) is 0 Å². The fourth-order valence-corrected chi connectivity index (χ4v) is 2.61. The number of oxazole rings is 1. The molecule has 2 aromatic rings. The van der Waals surface area contributed by atoms with Crippen LogP contribution in [0.2, 0.25) is 10.0 Å². The van der Waals surface area contributed by atoms with Crippen LogP contribution in [0.1, 0.15) is 49.7 Å². The molecule has 3 N–H and O–H groups in total. The molecule has 9 heteroatoms. The molecule has 0 fully saturated rings. The highest BCUT2D eigenvalue weighted by Gasteiger charge is 2.19. The van der Waals surface area contributed by atoms with Crippen molar-refractivity contribution in [2.24, 2.45) is 4.99 Å². The van der Waals surface area contributed by atoms with Crippen molar-refractivity contribution >= 4 is 35.1 Å². The molecule has 0 aliphatic heterocycles. The highest BCUT2D eigenvalue weighted by molar-refractivity contribution is 6.42. The summed E-state index contributed by atoms with van der Waals surface area (Å²) in [5, 5.41) is 9.89. The molecular formula is C20H27Cl2N5O2. The van der Waals surface area contributed by atoms with Gasteiger partial charge in [-0.2, -0.15) is 0 Å². The summed E-state index contributed by atoms with van der Waals surface area (Å²) >= 11 is 11.8. The number of hydrogen-bond donors (Lipinski definition) is 3. The van der Waals surface area contributed by atoms with Gasteiger partial charge in [-0.1, -0.05) is 44.0 Å². The Bertz CT molecular complexity index is 859. The van der Waals surface area contributed by atoms with Crippen molar-refractivity contribution in [1.82, 2.24) is 20.9 Å². The van der Waals surface area contributed by atoms with Crippen molar-refractivity contribution in [2.45, 2.75) is 39.7 Å². The van der Waals surface area contributed by atoms with Gasteiger partial charge in [-0.3, -0.25) is 4.79 Å². The van der Waals surface area contributed by atoms with Crippen molar-refractivity contribution in [2.75, 3.05) is 19.6 Å². The number of benzene rings is 1. The minimum absolute atomic E-state index is 0.0930. The molecule has 1 aromatic heterocycles. The summed E-state index contributed by atoms with van der Waals surface area (Å²) in [7, 11) is 0. The van der Waals surface area contributed by atoms with Crippen molar-refractivity contribution in [1.29, 1.82) is 0 Å². The van der Waals surface area contributed by atoms with Crippen LogP contribution in [0.5, 0.6) is 0 Å². The number of aliphatic imine (C=N–C) groups is 1. The number of amides is 1. The monoisotopic (exact) mass is 439 g/mol. The molecule has 1 amide bonds. The minimum Gasteiger partial charge on any atom is -0.443 e. The smallest absolute Gasteiger partial charge is 0.251 e. The van der Waals surface area contributed by atoms with E-state index in [1.165, 1.54) is 0 Å². The van der Waals surface area contributed by atoms with E-state index in [9.17, 15) is 4.79 Å². The third kappa shape index (κ3) is 7.25. The molecule has 0 bridgehead atoms. The Hall–Kier alpha value is -2.25. The van der Waals surface area contributed by atoms with Crippen LogP contribution < -0.4 is 16.0 Å². The highest BCUT2D eigenvalue weighted by Crippen LogP contribution is 2.23. The standard InChI is InChI=1S/C20H27Cl2N5O2/c1-5-23-19(27-12-17-26-11-16(29-17)20(2,3)4)25-9-8-24-18(28)13-6-7-14(21)15(22)10-13/h6-7,10-11H,5,8-9,12H2,1-4H3,(H,24,28)(H2,23,25,27). The van der Waals surface area contributed by atoms with Crippen LogP contribution in [-0.2, 0) is 12.0 Å². The number of guanidine groups is 1. The zero-order valence-electron chi connectivity index (χ0n) is 17.1. The first-order chi connectivity index (χ1) is 13.7. The minimum atomic E-state index is -0.221. The number of carbonyl (C=O) groups is 1. The van der Waals surface area contributed by atoms with Gasteiger partial charge in [0.25, 0.3) is 5.91 Å². The third-order valence-corrected chi connectivity index (χ3v) is 4.63. The van der Waals surface area contributed by atoms with E-state index in [2.05, 4.69) is 46.7 Å². The summed E-state index contributed by atoms with van der Waals surface area (Å²) in [6.07, 6.45) is 1.74.